The number of benzene rings is 2. The van der Waals surface area contributed by atoms with Gasteiger partial charge in [0.25, 0.3) is 0 Å². The summed E-state index contributed by atoms with van der Waals surface area (Å²) in [5.74, 6) is 0.0443. The quantitative estimate of drug-likeness (QED) is 0.628. The lowest BCUT2D eigenvalue weighted by molar-refractivity contribution is 0.101. The molecule has 0 aromatic heterocycles. The first-order chi connectivity index (χ1) is 10.6. The van der Waals surface area contributed by atoms with Gasteiger partial charge in [0.1, 0.15) is 10.6 Å². The molecule has 0 N–H and O–H groups in total. The monoisotopic (exact) mass is 332 g/mol. The summed E-state index contributed by atoms with van der Waals surface area (Å²) >= 11 is 0. The highest BCUT2D eigenvalue weighted by atomic mass is 32.2. The molecule has 0 aliphatic carbocycles. The molecule has 0 heterocycles. The first kappa shape index (κ1) is 17.2. The Morgan fingerprint density at radius 1 is 1.00 bits per heavy atom. The zero-order chi connectivity index (χ0) is 17.3. The molecule has 2 aromatic rings. The van der Waals surface area contributed by atoms with Gasteiger partial charge < -0.3 is 4.18 Å². The second kappa shape index (κ2) is 6.16. The van der Waals surface area contributed by atoms with Gasteiger partial charge in [-0.1, -0.05) is 45.0 Å². The molecule has 0 bridgehead atoms. The highest BCUT2D eigenvalue weighted by Crippen LogP contribution is 2.26. The Hall–Kier alpha value is -2.14. The van der Waals surface area contributed by atoms with Crippen LogP contribution >= 0.6 is 0 Å². The average Bonchev–Trinajstić information content (AvgIpc) is 2.46. The number of Topliss-reactive ketones (excluding diaryl/α,β-unsaturated/α-hetero) is 1. The van der Waals surface area contributed by atoms with E-state index in [1.807, 2.05) is 12.1 Å². The molecule has 0 aliphatic rings. The summed E-state index contributed by atoms with van der Waals surface area (Å²) < 4.78 is 29.8. The van der Waals surface area contributed by atoms with Crippen molar-refractivity contribution in [2.75, 3.05) is 0 Å². The van der Waals surface area contributed by atoms with Gasteiger partial charge in [-0.05, 0) is 42.2 Å². The molecule has 0 amide bonds. The highest BCUT2D eigenvalue weighted by Gasteiger charge is 2.19. The average molecular weight is 332 g/mol. The van der Waals surface area contributed by atoms with Gasteiger partial charge in [-0.15, -0.1) is 0 Å². The molecule has 4 nitrogen and oxygen atoms in total. The van der Waals surface area contributed by atoms with Crippen LogP contribution < -0.4 is 4.18 Å². The Balaban J connectivity index is 2.28. The van der Waals surface area contributed by atoms with E-state index >= 15 is 0 Å². The summed E-state index contributed by atoms with van der Waals surface area (Å²) in [5.41, 5.74) is 1.39. The van der Waals surface area contributed by atoms with Crippen molar-refractivity contribution in [3.63, 3.8) is 0 Å². The van der Waals surface area contributed by atoms with Gasteiger partial charge in [0.05, 0.1) is 0 Å². The maximum absolute atomic E-state index is 12.3. The van der Waals surface area contributed by atoms with Crippen LogP contribution in [-0.2, 0) is 15.5 Å². The van der Waals surface area contributed by atoms with E-state index in [4.69, 9.17) is 4.18 Å². The maximum Gasteiger partial charge on any atom is 0.339 e. The van der Waals surface area contributed by atoms with Gasteiger partial charge >= 0.3 is 10.1 Å². The third-order valence-corrected chi connectivity index (χ3v) is 4.70. The molecule has 0 aliphatic heterocycles. The van der Waals surface area contributed by atoms with E-state index in [2.05, 4.69) is 20.8 Å². The van der Waals surface area contributed by atoms with E-state index in [1.54, 1.807) is 18.2 Å². The topological polar surface area (TPSA) is 60.4 Å². The summed E-state index contributed by atoms with van der Waals surface area (Å²) in [6.45, 7) is 7.62. The summed E-state index contributed by atoms with van der Waals surface area (Å²) in [6.07, 6.45) is 0. The fourth-order valence-corrected chi connectivity index (χ4v) is 3.03. The number of carbonyl (C=O) groups is 1. The van der Waals surface area contributed by atoms with E-state index in [9.17, 15) is 13.2 Å². The molecule has 0 atom stereocenters. The van der Waals surface area contributed by atoms with Gasteiger partial charge in [0, 0.05) is 5.56 Å². The summed E-state index contributed by atoms with van der Waals surface area (Å²) in [6, 6.07) is 12.8. The number of ketones is 1. The molecule has 2 aromatic carbocycles. The normalized spacial score (nSPS) is 12.0. The summed E-state index contributed by atoms with van der Waals surface area (Å²) in [7, 11) is -3.97. The Kier molecular flexibility index (Phi) is 4.61. The van der Waals surface area contributed by atoms with Crippen molar-refractivity contribution < 1.29 is 17.4 Å². The van der Waals surface area contributed by atoms with E-state index in [0.29, 0.717) is 5.56 Å². The van der Waals surface area contributed by atoms with Crippen LogP contribution in [0.4, 0.5) is 0 Å². The zero-order valence-corrected chi connectivity index (χ0v) is 14.5. The van der Waals surface area contributed by atoms with Gasteiger partial charge in [-0.25, -0.2) is 0 Å². The minimum absolute atomic E-state index is 0.0206. The molecule has 0 saturated heterocycles. The van der Waals surface area contributed by atoms with Crippen molar-refractivity contribution in [3.8, 4) is 5.75 Å². The molecule has 0 fully saturated rings. The maximum atomic E-state index is 12.3. The van der Waals surface area contributed by atoms with Crippen molar-refractivity contribution in [2.45, 2.75) is 38.0 Å². The molecule has 0 unspecified atom stereocenters. The van der Waals surface area contributed by atoms with Crippen LogP contribution in [0.3, 0.4) is 0 Å². The van der Waals surface area contributed by atoms with Crippen LogP contribution in [0, 0.1) is 0 Å². The van der Waals surface area contributed by atoms with Crippen LogP contribution in [0.15, 0.2) is 53.4 Å². The Morgan fingerprint density at radius 3 is 2.13 bits per heavy atom. The Morgan fingerprint density at radius 2 is 1.61 bits per heavy atom. The van der Waals surface area contributed by atoms with Crippen LogP contribution in [0.25, 0.3) is 0 Å². The lowest BCUT2D eigenvalue weighted by atomic mass is 9.87. The molecule has 0 saturated carbocycles. The third-order valence-electron chi connectivity index (χ3n) is 3.46. The van der Waals surface area contributed by atoms with Crippen LogP contribution in [-0.4, -0.2) is 14.2 Å². The largest absolute Gasteiger partial charge is 0.379 e. The fraction of sp³-hybridized carbons (Fsp3) is 0.278. The van der Waals surface area contributed by atoms with Gasteiger partial charge in [0.15, 0.2) is 5.78 Å². The van der Waals surface area contributed by atoms with E-state index in [1.165, 1.54) is 25.1 Å². The minimum atomic E-state index is -3.97. The minimum Gasteiger partial charge on any atom is -0.379 e. The summed E-state index contributed by atoms with van der Waals surface area (Å²) in [4.78, 5) is 11.3. The Labute approximate surface area is 137 Å². The number of hydrogen-bond donors (Lipinski definition) is 0. The summed E-state index contributed by atoms with van der Waals surface area (Å²) in [5, 5.41) is 0. The molecular weight excluding hydrogens is 312 g/mol. The first-order valence-electron chi connectivity index (χ1n) is 7.26. The zero-order valence-electron chi connectivity index (χ0n) is 13.7. The number of hydrogen-bond acceptors (Lipinski definition) is 4. The molecule has 23 heavy (non-hydrogen) atoms. The smallest absolute Gasteiger partial charge is 0.339 e. The van der Waals surface area contributed by atoms with Gasteiger partial charge in [-0.2, -0.15) is 8.42 Å². The van der Waals surface area contributed by atoms with E-state index in [0.717, 1.165) is 5.56 Å². The number of rotatable bonds is 4. The molecule has 5 heteroatoms. The van der Waals surface area contributed by atoms with Gasteiger partial charge in [-0.3, -0.25) is 4.79 Å². The third kappa shape index (κ3) is 4.20. The predicted octanol–water partition coefficient (Wildman–Crippen LogP) is 3.95. The van der Waals surface area contributed by atoms with Gasteiger partial charge in [0.2, 0.25) is 0 Å². The molecular formula is C18H20O4S. The van der Waals surface area contributed by atoms with Crippen LogP contribution in [0.1, 0.15) is 43.6 Å². The van der Waals surface area contributed by atoms with E-state index in [-0.39, 0.29) is 21.8 Å². The molecule has 0 spiro atoms. The standard InChI is InChI=1S/C18H20O4S/c1-13(19)14-6-5-7-17(12-14)23(20,21)22-16-10-8-15(9-11-16)18(2,3)4/h5-12H,1-4H3. The second-order valence-electron chi connectivity index (χ2n) is 6.40. The lowest BCUT2D eigenvalue weighted by Gasteiger charge is -2.19. The van der Waals surface area contributed by atoms with Crippen molar-refractivity contribution >= 4 is 15.9 Å². The van der Waals surface area contributed by atoms with Crippen LogP contribution in [0.5, 0.6) is 5.75 Å². The predicted molar refractivity (Wildman–Crippen MR) is 89.4 cm³/mol. The first-order valence-corrected chi connectivity index (χ1v) is 8.66. The van der Waals surface area contributed by atoms with Crippen molar-refractivity contribution in [3.05, 3.63) is 59.7 Å². The number of carbonyl (C=O) groups excluding carboxylic acids is 1. The van der Waals surface area contributed by atoms with Crippen LogP contribution in [0.2, 0.25) is 0 Å². The fourth-order valence-electron chi connectivity index (χ4n) is 2.06. The van der Waals surface area contributed by atoms with Crippen molar-refractivity contribution in [1.82, 2.24) is 0 Å². The second-order valence-corrected chi connectivity index (χ2v) is 7.94. The van der Waals surface area contributed by atoms with Crippen molar-refractivity contribution in [2.24, 2.45) is 0 Å². The van der Waals surface area contributed by atoms with Crippen molar-refractivity contribution in [1.29, 1.82) is 0 Å². The molecule has 122 valence electrons. The highest BCUT2D eigenvalue weighted by molar-refractivity contribution is 7.87. The molecule has 2 rings (SSSR count). The molecule has 0 radical (unpaired) electrons. The Bertz CT molecular complexity index is 813. The SMILES string of the molecule is CC(=O)c1cccc(S(=O)(=O)Oc2ccc(C(C)(C)C)cc2)c1. The lowest BCUT2D eigenvalue weighted by Crippen LogP contribution is -2.12. The van der Waals surface area contributed by atoms with E-state index < -0.39 is 10.1 Å².